The van der Waals surface area contributed by atoms with E-state index in [2.05, 4.69) is 18.6 Å². The topological polar surface area (TPSA) is 66.5 Å². The van der Waals surface area contributed by atoms with Crippen molar-refractivity contribution in [3.8, 4) is 0 Å². The highest BCUT2D eigenvalue weighted by atomic mass is 32.2. The second-order valence-electron chi connectivity index (χ2n) is 7.58. The Hall–Kier alpha value is -1.40. The first kappa shape index (κ1) is 19.9. The molecule has 140 valence electrons. The number of carbonyl (C=O) groups is 1. The molecule has 1 aromatic rings. The van der Waals surface area contributed by atoms with Crippen LogP contribution < -0.4 is 9.62 Å². The van der Waals surface area contributed by atoms with Gasteiger partial charge < -0.3 is 4.90 Å². The second kappa shape index (κ2) is 7.87. The maximum Gasteiger partial charge on any atom is 0.240 e. The molecule has 5 nitrogen and oxygen atoms in total. The Morgan fingerprint density at radius 3 is 2.56 bits per heavy atom. The van der Waals surface area contributed by atoms with Gasteiger partial charge >= 0.3 is 0 Å². The van der Waals surface area contributed by atoms with Gasteiger partial charge in [0.15, 0.2) is 0 Å². The largest absolute Gasteiger partial charge is 0.309 e. The quantitative estimate of drug-likeness (QED) is 0.803. The molecule has 1 amide bonds. The van der Waals surface area contributed by atoms with Crippen molar-refractivity contribution in [2.45, 2.75) is 77.3 Å². The van der Waals surface area contributed by atoms with Crippen molar-refractivity contribution in [1.82, 2.24) is 4.72 Å². The Morgan fingerprint density at radius 2 is 1.96 bits per heavy atom. The summed E-state index contributed by atoms with van der Waals surface area (Å²) in [6, 6.07) is 5.02. The van der Waals surface area contributed by atoms with Crippen molar-refractivity contribution in [3.05, 3.63) is 23.8 Å². The van der Waals surface area contributed by atoms with Crippen molar-refractivity contribution >= 4 is 21.6 Å². The third kappa shape index (κ3) is 4.82. The van der Waals surface area contributed by atoms with Crippen LogP contribution in [0, 0.1) is 5.92 Å². The van der Waals surface area contributed by atoms with E-state index in [1.165, 1.54) is 6.92 Å². The molecule has 0 aliphatic carbocycles. The number of fused-ring (bicyclic) bond motifs is 1. The Labute approximate surface area is 151 Å². The number of hydrogen-bond donors (Lipinski definition) is 1. The van der Waals surface area contributed by atoms with Gasteiger partial charge in [-0.15, -0.1) is 0 Å². The molecule has 1 aromatic carbocycles. The fourth-order valence-corrected chi connectivity index (χ4v) is 4.81. The van der Waals surface area contributed by atoms with Crippen molar-refractivity contribution in [2.24, 2.45) is 5.92 Å². The minimum atomic E-state index is -3.54. The lowest BCUT2D eigenvalue weighted by Crippen LogP contribution is -2.33. The smallest absolute Gasteiger partial charge is 0.240 e. The number of benzene rings is 1. The van der Waals surface area contributed by atoms with Gasteiger partial charge in [0.1, 0.15) is 0 Å². The molecule has 0 saturated carbocycles. The summed E-state index contributed by atoms with van der Waals surface area (Å²) in [4.78, 5) is 13.8. The van der Waals surface area contributed by atoms with E-state index in [-0.39, 0.29) is 22.9 Å². The predicted molar refractivity (Wildman–Crippen MR) is 101 cm³/mol. The van der Waals surface area contributed by atoms with Gasteiger partial charge in [-0.3, -0.25) is 4.79 Å². The maximum absolute atomic E-state index is 12.6. The van der Waals surface area contributed by atoms with Crippen LogP contribution in [0.1, 0.15) is 59.4 Å². The van der Waals surface area contributed by atoms with Gasteiger partial charge in [0.2, 0.25) is 15.9 Å². The monoisotopic (exact) mass is 366 g/mol. The van der Waals surface area contributed by atoms with Crippen LogP contribution in [0.25, 0.3) is 0 Å². The van der Waals surface area contributed by atoms with Crippen LogP contribution >= 0.6 is 0 Å². The van der Waals surface area contributed by atoms with Crippen LogP contribution in [0.4, 0.5) is 5.69 Å². The lowest BCUT2D eigenvalue weighted by Gasteiger charge is -2.20. The van der Waals surface area contributed by atoms with Gasteiger partial charge in [0.05, 0.1) is 4.90 Å². The Kier molecular flexibility index (Phi) is 6.27. The van der Waals surface area contributed by atoms with Crippen LogP contribution in [0.2, 0.25) is 0 Å². The van der Waals surface area contributed by atoms with E-state index < -0.39 is 10.0 Å². The summed E-state index contributed by atoms with van der Waals surface area (Å²) in [7, 11) is -3.54. The summed E-state index contributed by atoms with van der Waals surface area (Å²) < 4.78 is 28.1. The maximum atomic E-state index is 12.6. The van der Waals surface area contributed by atoms with Gasteiger partial charge in [-0.1, -0.05) is 26.7 Å². The van der Waals surface area contributed by atoms with E-state index in [0.717, 1.165) is 30.5 Å². The molecule has 1 aliphatic rings. The molecule has 6 heteroatoms. The molecule has 0 fully saturated rings. The van der Waals surface area contributed by atoms with Crippen LogP contribution in [0.3, 0.4) is 0 Å². The van der Waals surface area contributed by atoms with E-state index in [4.69, 9.17) is 0 Å². The number of nitrogens with zero attached hydrogens (tertiary/aromatic N) is 1. The van der Waals surface area contributed by atoms with Crippen LogP contribution in [-0.2, 0) is 21.2 Å². The standard InChI is InChI=1S/C19H30N2O3S/c1-13(2)7-6-8-14(3)20-25(23,24)18-9-10-19-17(12-18)11-15(4)21(19)16(5)22/h9-10,12-15,20H,6-8,11H2,1-5H3. The van der Waals surface area contributed by atoms with E-state index in [9.17, 15) is 13.2 Å². The van der Waals surface area contributed by atoms with Gasteiger partial charge in [0, 0.05) is 24.7 Å². The summed E-state index contributed by atoms with van der Waals surface area (Å²) in [6.45, 7) is 9.77. The van der Waals surface area contributed by atoms with Crippen molar-refractivity contribution in [1.29, 1.82) is 0 Å². The van der Waals surface area contributed by atoms with E-state index >= 15 is 0 Å². The molecule has 0 bridgehead atoms. The zero-order valence-corrected chi connectivity index (χ0v) is 16.7. The van der Waals surface area contributed by atoms with Crippen LogP contribution in [0.15, 0.2) is 23.1 Å². The van der Waals surface area contributed by atoms with E-state index in [1.807, 2.05) is 13.8 Å². The first-order valence-electron chi connectivity index (χ1n) is 9.07. The normalized spacial score (nSPS) is 18.5. The molecule has 2 atom stereocenters. The summed E-state index contributed by atoms with van der Waals surface area (Å²) >= 11 is 0. The molecule has 1 N–H and O–H groups in total. The number of hydrogen-bond acceptors (Lipinski definition) is 3. The fourth-order valence-electron chi connectivity index (χ4n) is 3.48. The van der Waals surface area contributed by atoms with Gasteiger partial charge in [-0.25, -0.2) is 13.1 Å². The molecule has 25 heavy (non-hydrogen) atoms. The summed E-state index contributed by atoms with van der Waals surface area (Å²) in [5, 5.41) is 0. The number of anilines is 1. The number of amides is 1. The Morgan fingerprint density at radius 1 is 1.28 bits per heavy atom. The van der Waals surface area contributed by atoms with Crippen LogP contribution in [-0.4, -0.2) is 26.4 Å². The molecule has 2 rings (SSSR count). The highest BCUT2D eigenvalue weighted by Crippen LogP contribution is 2.33. The minimum absolute atomic E-state index is 0.0150. The average Bonchev–Trinajstić information content (AvgIpc) is 2.81. The fraction of sp³-hybridized carbons (Fsp3) is 0.632. The molecule has 1 aliphatic heterocycles. The summed E-state index contributed by atoms with van der Waals surface area (Å²) in [5.41, 5.74) is 1.74. The van der Waals surface area contributed by atoms with E-state index in [0.29, 0.717) is 12.3 Å². The highest BCUT2D eigenvalue weighted by Gasteiger charge is 2.30. The van der Waals surface area contributed by atoms with Gasteiger partial charge in [0.25, 0.3) is 0 Å². The third-order valence-corrected chi connectivity index (χ3v) is 6.28. The number of sulfonamides is 1. The number of carbonyl (C=O) groups excluding carboxylic acids is 1. The van der Waals surface area contributed by atoms with Crippen molar-refractivity contribution in [2.75, 3.05) is 4.90 Å². The third-order valence-electron chi connectivity index (χ3n) is 4.69. The molecular formula is C19H30N2O3S. The predicted octanol–water partition coefficient (Wildman–Crippen LogP) is 3.48. The second-order valence-corrected chi connectivity index (χ2v) is 9.29. The molecule has 0 saturated heterocycles. The van der Waals surface area contributed by atoms with Crippen molar-refractivity contribution < 1.29 is 13.2 Å². The first-order chi connectivity index (χ1) is 11.6. The lowest BCUT2D eigenvalue weighted by atomic mass is 10.0. The Balaban J connectivity index is 2.11. The summed E-state index contributed by atoms with van der Waals surface area (Å²) in [6.07, 6.45) is 3.63. The first-order valence-corrected chi connectivity index (χ1v) is 10.5. The zero-order chi connectivity index (χ0) is 18.8. The molecule has 1 heterocycles. The molecule has 2 unspecified atom stereocenters. The molecule has 0 spiro atoms. The van der Waals surface area contributed by atoms with E-state index in [1.54, 1.807) is 23.1 Å². The molecular weight excluding hydrogens is 336 g/mol. The zero-order valence-electron chi connectivity index (χ0n) is 15.9. The average molecular weight is 367 g/mol. The van der Waals surface area contributed by atoms with Gasteiger partial charge in [-0.05, 0) is 56.4 Å². The number of rotatable bonds is 7. The summed E-state index contributed by atoms with van der Waals surface area (Å²) in [5.74, 6) is 0.616. The molecule has 0 radical (unpaired) electrons. The lowest BCUT2D eigenvalue weighted by molar-refractivity contribution is -0.116. The van der Waals surface area contributed by atoms with Crippen molar-refractivity contribution in [3.63, 3.8) is 0 Å². The molecule has 0 aromatic heterocycles. The van der Waals surface area contributed by atoms with Gasteiger partial charge in [-0.2, -0.15) is 0 Å². The SMILES string of the molecule is CC(=O)N1c2ccc(S(=O)(=O)NC(C)CCCC(C)C)cc2CC1C. The minimum Gasteiger partial charge on any atom is -0.309 e. The Bertz CT molecular complexity index is 728. The van der Waals surface area contributed by atoms with Crippen LogP contribution in [0.5, 0.6) is 0 Å². The highest BCUT2D eigenvalue weighted by molar-refractivity contribution is 7.89. The number of nitrogens with one attached hydrogen (secondary N) is 1.